The van der Waals surface area contributed by atoms with Crippen LogP contribution in [0.1, 0.15) is 62.8 Å². The summed E-state index contributed by atoms with van der Waals surface area (Å²) < 4.78 is 20.1. The van der Waals surface area contributed by atoms with Gasteiger partial charge in [0, 0.05) is 11.4 Å². The first-order valence-corrected chi connectivity index (χ1v) is 14.9. The van der Waals surface area contributed by atoms with Crippen LogP contribution < -0.4 is 14.8 Å². The summed E-state index contributed by atoms with van der Waals surface area (Å²) in [4.78, 5) is 18.1. The molecule has 1 aliphatic rings. The molecular formula is C29H35BrN4O4S. The highest BCUT2D eigenvalue weighted by atomic mass is 79.9. The van der Waals surface area contributed by atoms with Crippen molar-refractivity contribution in [3.63, 3.8) is 0 Å². The number of aromatic nitrogens is 3. The first-order valence-electron chi connectivity index (χ1n) is 13.2. The number of allylic oxidation sites excluding steroid dienone is 1. The Morgan fingerprint density at radius 2 is 1.92 bits per heavy atom. The van der Waals surface area contributed by atoms with Gasteiger partial charge in [0.25, 0.3) is 0 Å². The van der Waals surface area contributed by atoms with E-state index in [2.05, 4.69) is 59.1 Å². The number of nitrogens with one attached hydrogen (secondary N) is 1. The first-order chi connectivity index (χ1) is 18.9. The van der Waals surface area contributed by atoms with Crippen molar-refractivity contribution in [2.24, 2.45) is 0 Å². The van der Waals surface area contributed by atoms with Crippen molar-refractivity contribution in [1.82, 2.24) is 14.8 Å². The van der Waals surface area contributed by atoms with E-state index < -0.39 is 6.04 Å². The second-order valence-corrected chi connectivity index (χ2v) is 11.3. The van der Waals surface area contributed by atoms with Gasteiger partial charge < -0.3 is 19.5 Å². The molecule has 10 heteroatoms. The fourth-order valence-corrected chi connectivity index (χ4v) is 5.48. The van der Waals surface area contributed by atoms with Crippen molar-refractivity contribution in [2.75, 3.05) is 24.8 Å². The van der Waals surface area contributed by atoms with Crippen LogP contribution in [0.2, 0.25) is 0 Å². The SMILES string of the molecule is CCCCOC(=O)C1=C(C)Nc2nc(SCCC)nn2C1c1cc(Br)c(OCc2ccc(C)cc2)c(OC)c1. The lowest BCUT2D eigenvalue weighted by Gasteiger charge is -2.29. The first kappa shape index (κ1) is 29.0. The molecule has 1 unspecified atom stereocenters. The third-order valence-corrected chi connectivity index (χ3v) is 7.92. The molecule has 1 N–H and O–H groups in total. The molecule has 1 aromatic heterocycles. The second kappa shape index (κ2) is 13.4. The van der Waals surface area contributed by atoms with E-state index in [1.165, 1.54) is 5.56 Å². The molecule has 0 radical (unpaired) electrons. The van der Waals surface area contributed by atoms with Crippen LogP contribution in [0.4, 0.5) is 5.95 Å². The lowest BCUT2D eigenvalue weighted by molar-refractivity contribution is -0.139. The number of hydrogen-bond donors (Lipinski definition) is 1. The second-order valence-electron chi connectivity index (χ2n) is 9.38. The Labute approximate surface area is 242 Å². The molecule has 4 rings (SSSR count). The quantitative estimate of drug-likeness (QED) is 0.132. The van der Waals surface area contributed by atoms with Gasteiger partial charge in [-0.2, -0.15) is 4.98 Å². The number of anilines is 1. The number of thioether (sulfide) groups is 1. The third-order valence-electron chi connectivity index (χ3n) is 6.29. The number of nitrogens with zero attached hydrogens (tertiary/aromatic N) is 3. The van der Waals surface area contributed by atoms with Gasteiger partial charge in [-0.1, -0.05) is 61.9 Å². The van der Waals surface area contributed by atoms with Gasteiger partial charge in [0.2, 0.25) is 11.1 Å². The number of methoxy groups -OCH3 is 1. The monoisotopic (exact) mass is 614 g/mol. The van der Waals surface area contributed by atoms with Gasteiger partial charge in [0.15, 0.2) is 11.5 Å². The maximum Gasteiger partial charge on any atom is 0.338 e. The van der Waals surface area contributed by atoms with Crippen molar-refractivity contribution < 1.29 is 19.0 Å². The zero-order valence-corrected chi connectivity index (χ0v) is 25.4. The summed E-state index contributed by atoms with van der Waals surface area (Å²) in [6, 6.07) is 11.5. The van der Waals surface area contributed by atoms with Crippen LogP contribution in [0.15, 0.2) is 57.3 Å². The number of hydrogen-bond acceptors (Lipinski definition) is 8. The van der Waals surface area contributed by atoms with E-state index in [0.717, 1.165) is 36.1 Å². The normalized spacial score (nSPS) is 14.6. The van der Waals surface area contributed by atoms with Gasteiger partial charge in [-0.15, -0.1) is 5.10 Å². The van der Waals surface area contributed by atoms with Gasteiger partial charge in [0.05, 0.1) is 23.8 Å². The summed E-state index contributed by atoms with van der Waals surface area (Å²) in [7, 11) is 1.61. The molecule has 0 saturated carbocycles. The van der Waals surface area contributed by atoms with Crippen molar-refractivity contribution in [1.29, 1.82) is 0 Å². The van der Waals surface area contributed by atoms with Crippen molar-refractivity contribution in [3.05, 3.63) is 68.8 Å². The number of benzene rings is 2. The minimum atomic E-state index is -0.560. The number of rotatable bonds is 12. The number of carbonyl (C=O) groups excluding carboxylic acids is 1. The zero-order chi connectivity index (χ0) is 27.9. The zero-order valence-electron chi connectivity index (χ0n) is 23.0. The maximum atomic E-state index is 13.4. The Balaban J connectivity index is 1.73. The molecule has 2 aromatic carbocycles. The van der Waals surface area contributed by atoms with Gasteiger partial charge in [-0.3, -0.25) is 0 Å². The van der Waals surface area contributed by atoms with Gasteiger partial charge >= 0.3 is 5.97 Å². The Morgan fingerprint density at radius 3 is 2.62 bits per heavy atom. The molecule has 0 amide bonds. The molecule has 0 aliphatic carbocycles. The summed E-state index contributed by atoms with van der Waals surface area (Å²) in [5.74, 6) is 2.23. The summed E-state index contributed by atoms with van der Waals surface area (Å²) in [5.41, 5.74) is 4.21. The number of fused-ring (bicyclic) bond motifs is 1. The van der Waals surface area contributed by atoms with E-state index in [0.29, 0.717) is 51.6 Å². The Hall–Kier alpha value is -2.98. The molecule has 3 aromatic rings. The van der Waals surface area contributed by atoms with Crippen LogP contribution >= 0.6 is 27.7 Å². The molecule has 2 heterocycles. The molecule has 0 saturated heterocycles. The summed E-state index contributed by atoms with van der Waals surface area (Å²) in [5, 5.41) is 8.69. The molecule has 0 spiro atoms. The van der Waals surface area contributed by atoms with E-state index in [1.54, 1.807) is 23.6 Å². The Morgan fingerprint density at radius 1 is 1.15 bits per heavy atom. The average Bonchev–Trinajstić information content (AvgIpc) is 3.33. The van der Waals surface area contributed by atoms with E-state index in [1.807, 2.05) is 31.2 Å². The Bertz CT molecular complexity index is 1340. The molecule has 0 bridgehead atoms. The minimum absolute atomic E-state index is 0.361. The number of aryl methyl sites for hydroxylation is 1. The van der Waals surface area contributed by atoms with Crippen LogP contribution in [0.25, 0.3) is 0 Å². The fraction of sp³-hybridized carbons (Fsp3) is 0.414. The molecule has 1 atom stereocenters. The predicted molar refractivity (Wildman–Crippen MR) is 158 cm³/mol. The molecule has 1 aliphatic heterocycles. The highest BCUT2D eigenvalue weighted by molar-refractivity contribution is 9.10. The average molecular weight is 616 g/mol. The van der Waals surface area contributed by atoms with Crippen LogP contribution in [0, 0.1) is 6.92 Å². The number of halogens is 1. The molecule has 39 heavy (non-hydrogen) atoms. The summed E-state index contributed by atoms with van der Waals surface area (Å²) in [6.07, 6.45) is 2.74. The van der Waals surface area contributed by atoms with Gasteiger partial charge in [-0.25, -0.2) is 9.48 Å². The van der Waals surface area contributed by atoms with Gasteiger partial charge in [0.1, 0.15) is 12.6 Å². The summed E-state index contributed by atoms with van der Waals surface area (Å²) in [6.45, 7) is 8.85. The summed E-state index contributed by atoms with van der Waals surface area (Å²) >= 11 is 5.28. The number of ether oxygens (including phenoxy) is 3. The number of esters is 1. The van der Waals surface area contributed by atoms with Crippen LogP contribution in [0.3, 0.4) is 0 Å². The van der Waals surface area contributed by atoms with Crippen molar-refractivity contribution >= 4 is 39.6 Å². The van der Waals surface area contributed by atoms with Crippen LogP contribution in [-0.2, 0) is 16.1 Å². The van der Waals surface area contributed by atoms with Crippen molar-refractivity contribution in [3.8, 4) is 11.5 Å². The molecule has 208 valence electrons. The maximum absolute atomic E-state index is 13.4. The lowest BCUT2D eigenvalue weighted by atomic mass is 9.95. The third kappa shape index (κ3) is 6.78. The Kier molecular flexibility index (Phi) is 9.96. The largest absolute Gasteiger partial charge is 0.493 e. The van der Waals surface area contributed by atoms with Crippen molar-refractivity contribution in [2.45, 2.75) is 64.8 Å². The van der Waals surface area contributed by atoms with E-state index >= 15 is 0 Å². The van der Waals surface area contributed by atoms with Crippen LogP contribution in [-0.4, -0.2) is 40.2 Å². The standard InChI is InChI=1S/C29H35BrN4O4S/c1-6-8-13-37-27(35)24-19(4)31-28-32-29(39-14-7-2)33-34(28)25(24)21-15-22(30)26(23(16-21)36-5)38-17-20-11-9-18(3)10-12-20/h9-12,15-16,25H,6-8,13-14,17H2,1-5H3,(H,31,32,33). The number of unbranched alkanes of at least 4 members (excludes halogenated alkanes) is 1. The van der Waals surface area contributed by atoms with E-state index in [9.17, 15) is 4.79 Å². The smallest absolute Gasteiger partial charge is 0.338 e. The predicted octanol–water partition coefficient (Wildman–Crippen LogP) is 7.07. The van der Waals surface area contributed by atoms with E-state index in [4.69, 9.17) is 19.3 Å². The highest BCUT2D eigenvalue weighted by Gasteiger charge is 2.36. The molecule has 0 fully saturated rings. The molecule has 8 nitrogen and oxygen atoms in total. The molecular weight excluding hydrogens is 580 g/mol. The highest BCUT2D eigenvalue weighted by Crippen LogP contribution is 2.43. The number of carbonyl (C=O) groups is 1. The lowest BCUT2D eigenvalue weighted by Crippen LogP contribution is -2.30. The minimum Gasteiger partial charge on any atom is -0.493 e. The van der Waals surface area contributed by atoms with Crippen LogP contribution in [0.5, 0.6) is 11.5 Å². The fourth-order valence-electron chi connectivity index (χ4n) is 4.22. The van der Waals surface area contributed by atoms with E-state index in [-0.39, 0.29) is 5.97 Å². The topological polar surface area (TPSA) is 87.5 Å². The van der Waals surface area contributed by atoms with Gasteiger partial charge in [-0.05, 0) is 65.9 Å².